The first kappa shape index (κ1) is 10.7. The van der Waals surface area contributed by atoms with Gasteiger partial charge in [-0.05, 0) is 50.8 Å². The Labute approximate surface area is 91.9 Å². The highest BCUT2D eigenvalue weighted by molar-refractivity contribution is 5.14. The van der Waals surface area contributed by atoms with Crippen molar-refractivity contribution in [1.29, 1.82) is 0 Å². The number of nitrogens with zero attached hydrogens (tertiary/aromatic N) is 2. The molecule has 1 saturated carbocycles. The molecular weight excluding hydrogens is 186 g/mol. The van der Waals surface area contributed by atoms with E-state index in [2.05, 4.69) is 29.7 Å². The zero-order valence-electron chi connectivity index (χ0n) is 9.74. The molecule has 15 heavy (non-hydrogen) atoms. The lowest BCUT2D eigenvalue weighted by atomic mass is 9.91. The highest BCUT2D eigenvalue weighted by Crippen LogP contribution is 2.38. The van der Waals surface area contributed by atoms with Crippen molar-refractivity contribution in [2.75, 3.05) is 13.6 Å². The lowest BCUT2D eigenvalue weighted by Gasteiger charge is -2.17. The standard InChI is InChI=1S/C12H21N3/c1-3-15-9-11(8-14-15)12-6-4-5-10(12)7-13-2/h8-10,12-13H,3-7H2,1-2H3. The molecule has 0 spiro atoms. The summed E-state index contributed by atoms with van der Waals surface area (Å²) in [5.41, 5.74) is 1.44. The summed E-state index contributed by atoms with van der Waals surface area (Å²) in [4.78, 5) is 0. The maximum Gasteiger partial charge on any atom is 0.0524 e. The van der Waals surface area contributed by atoms with E-state index in [1.165, 1.54) is 24.8 Å². The predicted molar refractivity (Wildman–Crippen MR) is 61.9 cm³/mol. The molecule has 1 aliphatic carbocycles. The Morgan fingerprint density at radius 1 is 1.53 bits per heavy atom. The van der Waals surface area contributed by atoms with Crippen LogP contribution in [-0.4, -0.2) is 23.4 Å². The fourth-order valence-electron chi connectivity index (χ4n) is 2.73. The van der Waals surface area contributed by atoms with E-state index in [9.17, 15) is 0 Å². The van der Waals surface area contributed by atoms with Crippen LogP contribution in [0.5, 0.6) is 0 Å². The summed E-state index contributed by atoms with van der Waals surface area (Å²) >= 11 is 0. The summed E-state index contributed by atoms with van der Waals surface area (Å²) < 4.78 is 2.03. The molecule has 0 radical (unpaired) electrons. The molecule has 84 valence electrons. The van der Waals surface area contributed by atoms with Gasteiger partial charge in [0.2, 0.25) is 0 Å². The minimum Gasteiger partial charge on any atom is -0.319 e. The van der Waals surface area contributed by atoms with Gasteiger partial charge in [-0.1, -0.05) is 6.42 Å². The molecule has 3 heteroatoms. The third-order valence-electron chi connectivity index (χ3n) is 3.53. The second-order valence-electron chi connectivity index (χ2n) is 4.48. The Morgan fingerprint density at radius 2 is 2.40 bits per heavy atom. The molecule has 0 bridgehead atoms. The first-order valence-corrected chi connectivity index (χ1v) is 6.02. The van der Waals surface area contributed by atoms with Crippen LogP contribution in [0.15, 0.2) is 12.4 Å². The van der Waals surface area contributed by atoms with Gasteiger partial charge < -0.3 is 5.32 Å². The molecule has 1 fully saturated rings. The van der Waals surface area contributed by atoms with Crippen LogP contribution in [0.1, 0.15) is 37.7 Å². The van der Waals surface area contributed by atoms with Crippen molar-refractivity contribution in [2.45, 2.75) is 38.6 Å². The van der Waals surface area contributed by atoms with Gasteiger partial charge in [-0.2, -0.15) is 5.10 Å². The summed E-state index contributed by atoms with van der Waals surface area (Å²) in [7, 11) is 2.05. The van der Waals surface area contributed by atoms with Gasteiger partial charge in [-0.15, -0.1) is 0 Å². The van der Waals surface area contributed by atoms with Gasteiger partial charge in [0.25, 0.3) is 0 Å². The van der Waals surface area contributed by atoms with Crippen LogP contribution in [0, 0.1) is 5.92 Å². The van der Waals surface area contributed by atoms with Gasteiger partial charge in [-0.3, -0.25) is 4.68 Å². The topological polar surface area (TPSA) is 29.9 Å². The summed E-state index contributed by atoms with van der Waals surface area (Å²) in [6, 6.07) is 0. The van der Waals surface area contributed by atoms with E-state index in [1.807, 2.05) is 11.7 Å². The fourth-order valence-corrected chi connectivity index (χ4v) is 2.73. The molecule has 1 N–H and O–H groups in total. The maximum atomic E-state index is 4.37. The van der Waals surface area contributed by atoms with Crippen molar-refractivity contribution >= 4 is 0 Å². The smallest absolute Gasteiger partial charge is 0.0524 e. The van der Waals surface area contributed by atoms with Crippen molar-refractivity contribution in [2.24, 2.45) is 5.92 Å². The summed E-state index contributed by atoms with van der Waals surface area (Å²) in [5, 5.41) is 7.67. The molecule has 0 amide bonds. The monoisotopic (exact) mass is 207 g/mol. The zero-order valence-corrected chi connectivity index (χ0v) is 9.74. The Kier molecular flexibility index (Phi) is 3.41. The van der Waals surface area contributed by atoms with E-state index in [0.717, 1.165) is 24.9 Å². The van der Waals surface area contributed by atoms with Crippen molar-refractivity contribution in [3.8, 4) is 0 Å². The van der Waals surface area contributed by atoms with Gasteiger partial charge in [0.05, 0.1) is 6.20 Å². The predicted octanol–water partition coefficient (Wildman–Crippen LogP) is 2.01. The van der Waals surface area contributed by atoms with Gasteiger partial charge in [-0.25, -0.2) is 0 Å². The van der Waals surface area contributed by atoms with Crippen LogP contribution in [-0.2, 0) is 6.54 Å². The average molecular weight is 207 g/mol. The minimum absolute atomic E-state index is 0.734. The summed E-state index contributed by atoms with van der Waals surface area (Å²) in [6.07, 6.45) is 8.35. The van der Waals surface area contributed by atoms with Gasteiger partial charge >= 0.3 is 0 Å². The molecule has 1 aromatic heterocycles. The number of aryl methyl sites for hydroxylation is 1. The quantitative estimate of drug-likeness (QED) is 0.818. The second-order valence-corrected chi connectivity index (χ2v) is 4.48. The Balaban J connectivity index is 2.08. The second kappa shape index (κ2) is 4.79. The van der Waals surface area contributed by atoms with Gasteiger partial charge in [0.15, 0.2) is 0 Å². The third-order valence-corrected chi connectivity index (χ3v) is 3.53. The Hall–Kier alpha value is -0.830. The summed E-state index contributed by atoms with van der Waals surface area (Å²) in [5.74, 6) is 1.54. The lowest BCUT2D eigenvalue weighted by molar-refractivity contribution is 0.462. The van der Waals surface area contributed by atoms with Crippen molar-refractivity contribution in [1.82, 2.24) is 15.1 Å². The molecule has 2 rings (SSSR count). The first-order chi connectivity index (χ1) is 7.35. The third kappa shape index (κ3) is 2.23. The number of nitrogens with one attached hydrogen (secondary N) is 1. The molecule has 2 unspecified atom stereocenters. The molecule has 0 aromatic carbocycles. The van der Waals surface area contributed by atoms with Crippen LogP contribution < -0.4 is 5.32 Å². The maximum absolute atomic E-state index is 4.37. The molecule has 1 aliphatic rings. The molecule has 3 nitrogen and oxygen atoms in total. The van der Waals surface area contributed by atoms with E-state index in [1.54, 1.807) is 0 Å². The fraction of sp³-hybridized carbons (Fsp3) is 0.750. The summed E-state index contributed by atoms with van der Waals surface area (Å²) in [6.45, 7) is 4.25. The molecule has 2 atom stereocenters. The number of hydrogen-bond donors (Lipinski definition) is 1. The Morgan fingerprint density at radius 3 is 3.07 bits per heavy atom. The highest BCUT2D eigenvalue weighted by Gasteiger charge is 2.28. The Bertz CT molecular complexity index is 306. The van der Waals surface area contributed by atoms with Crippen LogP contribution >= 0.6 is 0 Å². The zero-order chi connectivity index (χ0) is 10.7. The van der Waals surface area contributed by atoms with E-state index in [0.29, 0.717) is 0 Å². The SMILES string of the molecule is CCn1cc(C2CCCC2CNC)cn1. The van der Waals surface area contributed by atoms with Crippen molar-refractivity contribution < 1.29 is 0 Å². The molecule has 0 saturated heterocycles. The molecule has 1 heterocycles. The normalized spacial score (nSPS) is 26.0. The number of aromatic nitrogens is 2. The van der Waals surface area contributed by atoms with Crippen LogP contribution in [0.25, 0.3) is 0 Å². The van der Waals surface area contributed by atoms with Crippen LogP contribution in [0.4, 0.5) is 0 Å². The van der Waals surface area contributed by atoms with Crippen molar-refractivity contribution in [3.63, 3.8) is 0 Å². The lowest BCUT2D eigenvalue weighted by Crippen LogP contribution is -2.20. The molecule has 0 aliphatic heterocycles. The highest BCUT2D eigenvalue weighted by atomic mass is 15.3. The van der Waals surface area contributed by atoms with Gasteiger partial charge in [0, 0.05) is 12.7 Å². The number of rotatable bonds is 4. The largest absolute Gasteiger partial charge is 0.319 e. The minimum atomic E-state index is 0.734. The van der Waals surface area contributed by atoms with Crippen LogP contribution in [0.2, 0.25) is 0 Å². The van der Waals surface area contributed by atoms with Crippen molar-refractivity contribution in [3.05, 3.63) is 18.0 Å². The number of hydrogen-bond acceptors (Lipinski definition) is 2. The van der Waals surface area contributed by atoms with Gasteiger partial charge in [0.1, 0.15) is 0 Å². The van der Waals surface area contributed by atoms with E-state index < -0.39 is 0 Å². The van der Waals surface area contributed by atoms with E-state index in [4.69, 9.17) is 0 Å². The molecular formula is C12H21N3. The molecule has 1 aromatic rings. The average Bonchev–Trinajstić information content (AvgIpc) is 2.85. The first-order valence-electron chi connectivity index (χ1n) is 6.02. The van der Waals surface area contributed by atoms with E-state index >= 15 is 0 Å². The van der Waals surface area contributed by atoms with Crippen LogP contribution in [0.3, 0.4) is 0 Å². The van der Waals surface area contributed by atoms with E-state index in [-0.39, 0.29) is 0 Å².